The first-order valence-electron chi connectivity index (χ1n) is 9.77. The van der Waals surface area contributed by atoms with Gasteiger partial charge >= 0.3 is 0 Å². The predicted octanol–water partition coefficient (Wildman–Crippen LogP) is 4.35. The molecule has 1 aliphatic carbocycles. The minimum absolute atomic E-state index is 0.153. The molecule has 0 radical (unpaired) electrons. The van der Waals surface area contributed by atoms with E-state index in [9.17, 15) is 9.59 Å². The quantitative estimate of drug-likeness (QED) is 0.708. The highest BCUT2D eigenvalue weighted by molar-refractivity contribution is 6.30. The number of hydrogen-bond donors (Lipinski definition) is 0. The predicted molar refractivity (Wildman–Crippen MR) is 107 cm³/mol. The van der Waals surface area contributed by atoms with Crippen LogP contribution in [0.15, 0.2) is 54.6 Å². The number of imide groups is 1. The second kappa shape index (κ2) is 6.61. The third-order valence-electron chi connectivity index (χ3n) is 6.25. The van der Waals surface area contributed by atoms with Crippen molar-refractivity contribution in [3.8, 4) is 0 Å². The van der Waals surface area contributed by atoms with E-state index >= 15 is 0 Å². The number of fused-ring (bicyclic) bond motifs is 2. The van der Waals surface area contributed by atoms with Crippen molar-refractivity contribution >= 4 is 34.8 Å². The standard InChI is InChI=1S/C22H21ClN2O3/c23-15-9-11-17(12-10-15)25-22(13-5-2-6-14-22)18-19(28-25)21(27)24(20(18)26)16-7-3-1-4-8-16/h1,3-4,7-12,18-19H,2,5-6,13-14H2/t18-,19+/m1/s1. The zero-order valence-corrected chi connectivity index (χ0v) is 16.1. The number of carbonyl (C=O) groups excluding carboxylic acids is 2. The van der Waals surface area contributed by atoms with Crippen molar-refractivity contribution in [3.05, 3.63) is 59.6 Å². The van der Waals surface area contributed by atoms with Gasteiger partial charge in [0.1, 0.15) is 5.92 Å². The number of halogens is 1. The number of rotatable bonds is 2. The van der Waals surface area contributed by atoms with Crippen LogP contribution in [-0.4, -0.2) is 23.5 Å². The molecule has 144 valence electrons. The second-order valence-corrected chi connectivity index (χ2v) is 8.22. The number of nitrogens with zero attached hydrogens (tertiary/aromatic N) is 2. The van der Waals surface area contributed by atoms with Crippen LogP contribution < -0.4 is 9.96 Å². The average molecular weight is 397 g/mol. The molecule has 3 aliphatic rings. The van der Waals surface area contributed by atoms with Crippen molar-refractivity contribution in [1.29, 1.82) is 0 Å². The van der Waals surface area contributed by atoms with Crippen LogP contribution in [0.25, 0.3) is 0 Å². The van der Waals surface area contributed by atoms with E-state index in [1.165, 1.54) is 4.90 Å². The maximum absolute atomic E-state index is 13.5. The van der Waals surface area contributed by atoms with Gasteiger partial charge in [-0.05, 0) is 49.2 Å². The zero-order chi connectivity index (χ0) is 19.3. The summed E-state index contributed by atoms with van der Waals surface area (Å²) in [6.07, 6.45) is 4.06. The van der Waals surface area contributed by atoms with Crippen molar-refractivity contribution in [1.82, 2.24) is 0 Å². The Morgan fingerprint density at radius 3 is 2.21 bits per heavy atom. The summed E-state index contributed by atoms with van der Waals surface area (Å²) in [5.74, 6) is -0.918. The molecule has 3 fully saturated rings. The first kappa shape index (κ1) is 17.7. The molecule has 5 nitrogen and oxygen atoms in total. The molecule has 0 bridgehead atoms. The molecule has 2 atom stereocenters. The summed E-state index contributed by atoms with van der Waals surface area (Å²) in [6.45, 7) is 0. The van der Waals surface area contributed by atoms with Gasteiger partial charge in [-0.2, -0.15) is 0 Å². The summed E-state index contributed by atoms with van der Waals surface area (Å²) in [5, 5.41) is 2.49. The van der Waals surface area contributed by atoms with Gasteiger partial charge in [0.25, 0.3) is 5.91 Å². The Morgan fingerprint density at radius 2 is 1.54 bits per heavy atom. The highest BCUT2D eigenvalue weighted by Crippen LogP contribution is 2.52. The molecule has 2 amide bonds. The fraction of sp³-hybridized carbons (Fsp3) is 0.364. The molecule has 1 saturated carbocycles. The number of para-hydroxylation sites is 1. The van der Waals surface area contributed by atoms with Gasteiger partial charge in [0.15, 0.2) is 6.10 Å². The maximum atomic E-state index is 13.5. The smallest absolute Gasteiger partial charge is 0.266 e. The second-order valence-electron chi connectivity index (χ2n) is 7.79. The van der Waals surface area contributed by atoms with Gasteiger partial charge in [-0.25, -0.2) is 9.96 Å². The summed E-state index contributed by atoms with van der Waals surface area (Å²) >= 11 is 6.05. The van der Waals surface area contributed by atoms with E-state index in [0.717, 1.165) is 37.8 Å². The molecule has 0 unspecified atom stereocenters. The minimum atomic E-state index is -0.776. The van der Waals surface area contributed by atoms with E-state index in [4.69, 9.17) is 16.4 Å². The van der Waals surface area contributed by atoms with Gasteiger partial charge in [0.2, 0.25) is 5.91 Å². The van der Waals surface area contributed by atoms with Crippen LogP contribution in [0.1, 0.15) is 32.1 Å². The summed E-state index contributed by atoms with van der Waals surface area (Å²) in [6, 6.07) is 16.5. The van der Waals surface area contributed by atoms with E-state index in [-0.39, 0.29) is 11.8 Å². The number of benzene rings is 2. The SMILES string of the molecule is O=C1[C@H]2ON(c3ccc(Cl)cc3)C3(CCCCC3)[C@H]2C(=O)N1c1ccccc1. The Kier molecular flexibility index (Phi) is 4.18. The molecule has 0 aromatic heterocycles. The van der Waals surface area contributed by atoms with Gasteiger partial charge in [-0.3, -0.25) is 14.4 Å². The lowest BCUT2D eigenvalue weighted by molar-refractivity contribution is -0.126. The molecule has 0 N–H and O–H groups in total. The summed E-state index contributed by atoms with van der Waals surface area (Å²) < 4.78 is 0. The lowest BCUT2D eigenvalue weighted by Gasteiger charge is -2.43. The highest BCUT2D eigenvalue weighted by Gasteiger charge is 2.66. The lowest BCUT2D eigenvalue weighted by atomic mass is 9.71. The molecular weight excluding hydrogens is 376 g/mol. The normalized spacial score (nSPS) is 26.2. The highest BCUT2D eigenvalue weighted by atomic mass is 35.5. The van der Waals surface area contributed by atoms with Crippen molar-refractivity contribution < 1.29 is 14.4 Å². The van der Waals surface area contributed by atoms with E-state index in [2.05, 4.69) is 0 Å². The van der Waals surface area contributed by atoms with Gasteiger partial charge in [-0.15, -0.1) is 0 Å². The monoisotopic (exact) mass is 396 g/mol. The maximum Gasteiger partial charge on any atom is 0.266 e. The first-order valence-corrected chi connectivity index (χ1v) is 10.2. The van der Waals surface area contributed by atoms with Gasteiger partial charge in [0.05, 0.1) is 16.9 Å². The largest absolute Gasteiger partial charge is 0.273 e. The van der Waals surface area contributed by atoms with Crippen LogP contribution in [-0.2, 0) is 14.4 Å². The van der Waals surface area contributed by atoms with E-state index in [0.29, 0.717) is 10.7 Å². The van der Waals surface area contributed by atoms with Crippen LogP contribution in [0.4, 0.5) is 11.4 Å². The van der Waals surface area contributed by atoms with E-state index < -0.39 is 17.6 Å². The molecule has 5 rings (SSSR count). The molecule has 1 spiro atoms. The van der Waals surface area contributed by atoms with E-state index in [1.807, 2.05) is 47.5 Å². The molecule has 2 aromatic carbocycles. The number of hydroxylamine groups is 1. The van der Waals surface area contributed by atoms with Crippen molar-refractivity contribution in [2.75, 3.05) is 9.96 Å². The Balaban J connectivity index is 1.57. The Morgan fingerprint density at radius 1 is 0.857 bits per heavy atom. The Bertz CT molecular complexity index is 909. The third kappa shape index (κ3) is 2.50. The summed E-state index contributed by atoms with van der Waals surface area (Å²) in [5.41, 5.74) is 0.958. The third-order valence-corrected chi connectivity index (χ3v) is 6.50. The molecule has 28 heavy (non-hydrogen) atoms. The number of hydrogen-bond acceptors (Lipinski definition) is 4. The lowest BCUT2D eigenvalue weighted by Crippen LogP contribution is -2.53. The van der Waals surface area contributed by atoms with Gasteiger partial charge in [0, 0.05) is 5.02 Å². The topological polar surface area (TPSA) is 49.9 Å². The fourth-order valence-corrected chi connectivity index (χ4v) is 5.14. The Hall–Kier alpha value is -2.37. The Labute approximate surface area is 168 Å². The molecule has 2 heterocycles. The van der Waals surface area contributed by atoms with Crippen LogP contribution in [0.2, 0.25) is 5.02 Å². The van der Waals surface area contributed by atoms with Crippen molar-refractivity contribution in [2.24, 2.45) is 5.92 Å². The van der Waals surface area contributed by atoms with Crippen molar-refractivity contribution in [2.45, 2.75) is 43.7 Å². The fourth-order valence-electron chi connectivity index (χ4n) is 5.01. The average Bonchev–Trinajstić information content (AvgIpc) is 3.17. The van der Waals surface area contributed by atoms with Crippen LogP contribution in [0.5, 0.6) is 0 Å². The van der Waals surface area contributed by atoms with Crippen molar-refractivity contribution in [3.63, 3.8) is 0 Å². The van der Waals surface area contributed by atoms with Gasteiger partial charge in [-0.1, -0.05) is 49.1 Å². The number of anilines is 2. The zero-order valence-electron chi connectivity index (χ0n) is 15.4. The van der Waals surface area contributed by atoms with Crippen LogP contribution in [0, 0.1) is 5.92 Å². The van der Waals surface area contributed by atoms with Crippen LogP contribution in [0.3, 0.4) is 0 Å². The minimum Gasteiger partial charge on any atom is -0.273 e. The molecule has 2 aliphatic heterocycles. The van der Waals surface area contributed by atoms with E-state index in [1.54, 1.807) is 12.1 Å². The number of carbonyl (C=O) groups is 2. The summed E-state index contributed by atoms with van der Waals surface area (Å²) in [7, 11) is 0. The molecule has 2 saturated heterocycles. The molecule has 2 aromatic rings. The van der Waals surface area contributed by atoms with Gasteiger partial charge < -0.3 is 0 Å². The number of amides is 2. The molecular formula is C22H21ClN2O3. The first-order chi connectivity index (χ1) is 13.6. The van der Waals surface area contributed by atoms with Crippen LogP contribution >= 0.6 is 11.6 Å². The molecule has 6 heteroatoms. The summed E-state index contributed by atoms with van der Waals surface area (Å²) in [4.78, 5) is 34.2.